The maximum Gasteiger partial charge on any atom is 0.128 e. The van der Waals surface area contributed by atoms with E-state index in [1.165, 1.54) is 89.0 Å². The summed E-state index contributed by atoms with van der Waals surface area (Å²) in [5.41, 5.74) is 3.36. The fourth-order valence-electron chi connectivity index (χ4n) is 4.09. The summed E-state index contributed by atoms with van der Waals surface area (Å²) < 4.78 is 6.20. The Morgan fingerprint density at radius 1 is 0.710 bits per heavy atom. The van der Waals surface area contributed by atoms with Crippen molar-refractivity contribution in [3.8, 4) is 17.0 Å². The van der Waals surface area contributed by atoms with E-state index in [0.717, 1.165) is 36.5 Å². The Morgan fingerprint density at radius 3 is 2.03 bits per heavy atom. The Balaban J connectivity index is 1.76. The highest BCUT2D eigenvalue weighted by molar-refractivity contribution is 5.69. The lowest BCUT2D eigenvalue weighted by molar-refractivity contribution is 0.305. The number of nitrogens with zero attached hydrogens (tertiary/aromatic N) is 2. The van der Waals surface area contributed by atoms with Gasteiger partial charge in [-0.2, -0.15) is 0 Å². The van der Waals surface area contributed by atoms with Gasteiger partial charge in [-0.3, -0.25) is 0 Å². The minimum absolute atomic E-state index is 0.782. The van der Waals surface area contributed by atoms with Crippen LogP contribution >= 0.6 is 0 Å². The van der Waals surface area contributed by atoms with E-state index in [4.69, 9.17) is 4.74 Å². The molecule has 0 spiro atoms. The van der Waals surface area contributed by atoms with Gasteiger partial charge in [0.1, 0.15) is 12.1 Å². The van der Waals surface area contributed by atoms with E-state index < -0.39 is 0 Å². The van der Waals surface area contributed by atoms with Crippen molar-refractivity contribution in [2.75, 3.05) is 6.61 Å². The molecule has 0 atom stereocenters. The summed E-state index contributed by atoms with van der Waals surface area (Å²) in [6, 6.07) is 8.34. The van der Waals surface area contributed by atoms with Crippen LogP contribution in [0.3, 0.4) is 0 Å². The van der Waals surface area contributed by atoms with Crippen LogP contribution < -0.4 is 4.74 Å². The number of hydrogen-bond donors (Lipinski definition) is 0. The van der Waals surface area contributed by atoms with Crippen molar-refractivity contribution in [1.29, 1.82) is 0 Å². The van der Waals surface area contributed by atoms with E-state index in [1.807, 2.05) is 6.20 Å². The van der Waals surface area contributed by atoms with Gasteiger partial charge < -0.3 is 4.74 Å². The summed E-state index contributed by atoms with van der Waals surface area (Å²) in [5.74, 6) is 0.951. The van der Waals surface area contributed by atoms with Crippen LogP contribution in [0.25, 0.3) is 11.3 Å². The van der Waals surface area contributed by atoms with Crippen LogP contribution in [-0.2, 0) is 6.42 Å². The average Bonchev–Trinajstić information content (AvgIpc) is 2.81. The Bertz CT molecular complexity index is 701. The van der Waals surface area contributed by atoms with Crippen LogP contribution in [0.1, 0.15) is 109 Å². The van der Waals surface area contributed by atoms with Gasteiger partial charge in [0.2, 0.25) is 0 Å². The quantitative estimate of drug-likeness (QED) is 0.225. The smallest absolute Gasteiger partial charge is 0.128 e. The lowest BCUT2D eigenvalue weighted by Crippen LogP contribution is -2.01. The van der Waals surface area contributed by atoms with E-state index in [1.54, 1.807) is 6.33 Å². The molecule has 2 rings (SSSR count). The topological polar surface area (TPSA) is 35.0 Å². The van der Waals surface area contributed by atoms with Crippen molar-refractivity contribution in [3.05, 3.63) is 42.4 Å². The molecule has 0 aliphatic carbocycles. The summed E-state index contributed by atoms with van der Waals surface area (Å²) in [5, 5.41) is 0. The molecule has 1 aromatic heterocycles. The number of ether oxygens (including phenoxy) is 1. The molecule has 0 saturated carbocycles. The minimum atomic E-state index is 0.782. The Labute approximate surface area is 191 Å². The molecular formula is C28H44N2O. The molecule has 0 N–H and O–H groups in total. The molecule has 0 amide bonds. The summed E-state index contributed by atoms with van der Waals surface area (Å²) in [4.78, 5) is 8.90. The molecule has 0 bridgehead atoms. The standard InChI is InChI=1S/C28H44N2O/c1-3-5-7-9-10-11-12-13-14-18-22-31-27-21-17-16-20-26(27)28-25(23-29-24-30-28)19-15-8-6-4-2/h16-17,20-21,23-24H,3-15,18-19,22H2,1-2H3. The fraction of sp³-hybridized carbons (Fsp3) is 0.643. The van der Waals surface area contributed by atoms with Crippen molar-refractivity contribution >= 4 is 0 Å². The predicted molar refractivity (Wildman–Crippen MR) is 133 cm³/mol. The molecule has 0 saturated heterocycles. The monoisotopic (exact) mass is 424 g/mol. The van der Waals surface area contributed by atoms with E-state index >= 15 is 0 Å². The first-order valence-electron chi connectivity index (χ1n) is 12.9. The average molecular weight is 425 g/mol. The van der Waals surface area contributed by atoms with Crippen LogP contribution in [-0.4, -0.2) is 16.6 Å². The molecule has 2 aromatic rings. The van der Waals surface area contributed by atoms with Crippen molar-refractivity contribution in [1.82, 2.24) is 9.97 Å². The molecule has 1 aromatic carbocycles. The van der Waals surface area contributed by atoms with E-state index in [9.17, 15) is 0 Å². The highest BCUT2D eigenvalue weighted by Crippen LogP contribution is 2.31. The first-order valence-corrected chi connectivity index (χ1v) is 12.9. The van der Waals surface area contributed by atoms with Crippen molar-refractivity contribution < 1.29 is 4.74 Å². The second kappa shape index (κ2) is 16.8. The highest BCUT2D eigenvalue weighted by Gasteiger charge is 2.12. The molecule has 0 fully saturated rings. The molecule has 31 heavy (non-hydrogen) atoms. The zero-order valence-corrected chi connectivity index (χ0v) is 20.1. The third-order valence-corrected chi connectivity index (χ3v) is 5.99. The third kappa shape index (κ3) is 10.3. The second-order valence-corrected chi connectivity index (χ2v) is 8.73. The van der Waals surface area contributed by atoms with Gasteiger partial charge in [0, 0.05) is 11.8 Å². The number of unbranched alkanes of at least 4 members (excludes halogenated alkanes) is 12. The van der Waals surface area contributed by atoms with Gasteiger partial charge >= 0.3 is 0 Å². The summed E-state index contributed by atoms with van der Waals surface area (Å²) >= 11 is 0. The zero-order valence-electron chi connectivity index (χ0n) is 20.1. The first-order chi connectivity index (χ1) is 15.4. The molecule has 172 valence electrons. The van der Waals surface area contributed by atoms with Crippen LogP contribution in [0, 0.1) is 0 Å². The molecule has 3 heteroatoms. The highest BCUT2D eigenvalue weighted by atomic mass is 16.5. The Morgan fingerprint density at radius 2 is 1.32 bits per heavy atom. The molecule has 1 heterocycles. The molecule has 0 aliphatic rings. The van der Waals surface area contributed by atoms with Gasteiger partial charge in [0.05, 0.1) is 12.3 Å². The van der Waals surface area contributed by atoms with Gasteiger partial charge in [-0.05, 0) is 37.0 Å². The number of aromatic nitrogens is 2. The second-order valence-electron chi connectivity index (χ2n) is 8.73. The van der Waals surface area contributed by atoms with Crippen LogP contribution in [0.15, 0.2) is 36.8 Å². The summed E-state index contributed by atoms with van der Waals surface area (Å²) in [6.07, 6.45) is 23.1. The van der Waals surface area contributed by atoms with E-state index in [0.29, 0.717) is 0 Å². The maximum absolute atomic E-state index is 6.20. The predicted octanol–water partition coefficient (Wildman–Crippen LogP) is 8.57. The van der Waals surface area contributed by atoms with Gasteiger partial charge in [0.25, 0.3) is 0 Å². The number of aryl methyl sites for hydroxylation is 1. The van der Waals surface area contributed by atoms with Gasteiger partial charge in [-0.15, -0.1) is 0 Å². The Hall–Kier alpha value is -1.90. The minimum Gasteiger partial charge on any atom is -0.493 e. The molecular weight excluding hydrogens is 380 g/mol. The molecule has 0 radical (unpaired) electrons. The number of hydrogen-bond acceptors (Lipinski definition) is 3. The maximum atomic E-state index is 6.20. The van der Waals surface area contributed by atoms with Gasteiger partial charge in [-0.25, -0.2) is 9.97 Å². The van der Waals surface area contributed by atoms with E-state index in [2.05, 4.69) is 48.1 Å². The number of benzene rings is 1. The SMILES string of the molecule is CCCCCCCCCCCCOc1ccccc1-c1ncncc1CCCCCC. The van der Waals surface area contributed by atoms with Crippen LogP contribution in [0.4, 0.5) is 0 Å². The Kier molecular flexibility index (Phi) is 13.7. The van der Waals surface area contributed by atoms with Crippen LogP contribution in [0.2, 0.25) is 0 Å². The van der Waals surface area contributed by atoms with Crippen molar-refractivity contribution in [2.45, 2.75) is 110 Å². The van der Waals surface area contributed by atoms with Crippen molar-refractivity contribution in [3.63, 3.8) is 0 Å². The molecule has 0 unspecified atom stereocenters. The van der Waals surface area contributed by atoms with E-state index in [-0.39, 0.29) is 0 Å². The lowest BCUT2D eigenvalue weighted by atomic mass is 10.0. The molecule has 0 aliphatic heterocycles. The number of para-hydroxylation sites is 1. The lowest BCUT2D eigenvalue weighted by Gasteiger charge is -2.13. The summed E-state index contributed by atoms with van der Waals surface area (Å²) in [7, 11) is 0. The zero-order chi connectivity index (χ0) is 22.0. The fourth-order valence-corrected chi connectivity index (χ4v) is 4.09. The third-order valence-electron chi connectivity index (χ3n) is 5.99. The van der Waals surface area contributed by atoms with Gasteiger partial charge in [-0.1, -0.05) is 103 Å². The first kappa shape index (κ1) is 25.4. The number of rotatable bonds is 18. The summed E-state index contributed by atoms with van der Waals surface area (Å²) in [6.45, 7) is 5.31. The normalized spacial score (nSPS) is 11.0. The van der Waals surface area contributed by atoms with Gasteiger partial charge in [0.15, 0.2) is 0 Å². The van der Waals surface area contributed by atoms with Crippen LogP contribution in [0.5, 0.6) is 5.75 Å². The largest absolute Gasteiger partial charge is 0.493 e. The van der Waals surface area contributed by atoms with Crippen molar-refractivity contribution in [2.24, 2.45) is 0 Å². The molecule has 3 nitrogen and oxygen atoms in total.